The molecule has 0 N–H and O–H groups in total. The Labute approximate surface area is 97.4 Å². The third-order valence-electron chi connectivity index (χ3n) is 2.94. The summed E-state index contributed by atoms with van der Waals surface area (Å²) in [7, 11) is 1.70. The number of benzene rings is 1. The predicted molar refractivity (Wildman–Crippen MR) is 68.6 cm³/mol. The molecule has 2 rings (SSSR count). The molecule has 0 radical (unpaired) electrons. The van der Waals surface area contributed by atoms with E-state index in [0.29, 0.717) is 0 Å². The zero-order chi connectivity index (χ0) is 11.4. The minimum atomic E-state index is 0.917. The topological polar surface area (TPSA) is 9.23 Å². The van der Waals surface area contributed by atoms with E-state index in [2.05, 4.69) is 31.2 Å². The fraction of sp³-hybridized carbons (Fsp3) is 0.333. The summed E-state index contributed by atoms with van der Waals surface area (Å²) in [5.74, 6) is 0.917. The first-order valence-electron chi connectivity index (χ1n) is 5.87. The lowest BCUT2D eigenvalue weighted by Crippen LogP contribution is -1.83. The van der Waals surface area contributed by atoms with Gasteiger partial charge in [-0.15, -0.1) is 0 Å². The second-order valence-electron chi connectivity index (χ2n) is 4.14. The van der Waals surface area contributed by atoms with Crippen LogP contribution in [-0.2, 0) is 0 Å². The molecule has 16 heavy (non-hydrogen) atoms. The van der Waals surface area contributed by atoms with Gasteiger partial charge >= 0.3 is 0 Å². The first-order chi connectivity index (χ1) is 7.83. The Kier molecular flexibility index (Phi) is 3.45. The van der Waals surface area contributed by atoms with Crippen molar-refractivity contribution in [2.75, 3.05) is 7.11 Å². The molecule has 0 aromatic heterocycles. The highest BCUT2D eigenvalue weighted by molar-refractivity contribution is 5.77. The summed E-state index contributed by atoms with van der Waals surface area (Å²) in [4.78, 5) is 0. The molecule has 0 amide bonds. The van der Waals surface area contributed by atoms with E-state index >= 15 is 0 Å². The van der Waals surface area contributed by atoms with Gasteiger partial charge in [0.15, 0.2) is 0 Å². The lowest BCUT2D eigenvalue weighted by molar-refractivity contribution is 0.415. The maximum atomic E-state index is 5.16. The smallest absolute Gasteiger partial charge is 0.118 e. The van der Waals surface area contributed by atoms with Crippen LogP contribution in [0.5, 0.6) is 5.75 Å². The van der Waals surface area contributed by atoms with Crippen LogP contribution in [0.1, 0.15) is 31.7 Å². The van der Waals surface area contributed by atoms with Gasteiger partial charge < -0.3 is 4.74 Å². The van der Waals surface area contributed by atoms with Crippen LogP contribution in [0.25, 0.3) is 5.57 Å². The molecule has 84 valence electrons. The predicted octanol–water partition coefficient (Wildman–Crippen LogP) is 4.21. The molecule has 0 spiro atoms. The summed E-state index contributed by atoms with van der Waals surface area (Å²) >= 11 is 0. The van der Waals surface area contributed by atoms with Gasteiger partial charge in [-0.2, -0.15) is 0 Å². The number of rotatable bonds is 4. The minimum Gasteiger partial charge on any atom is -0.497 e. The molecule has 1 aliphatic carbocycles. The van der Waals surface area contributed by atoms with Crippen molar-refractivity contribution in [3.05, 3.63) is 47.6 Å². The van der Waals surface area contributed by atoms with Gasteiger partial charge in [-0.1, -0.05) is 43.2 Å². The normalized spacial score (nSPS) is 14.6. The summed E-state index contributed by atoms with van der Waals surface area (Å²) in [6.07, 6.45) is 8.21. The monoisotopic (exact) mass is 214 g/mol. The molecule has 1 nitrogen and oxygen atoms in total. The van der Waals surface area contributed by atoms with Gasteiger partial charge in [0.05, 0.1) is 7.11 Å². The molecule has 0 saturated heterocycles. The van der Waals surface area contributed by atoms with E-state index in [4.69, 9.17) is 4.74 Å². The molecular weight excluding hydrogens is 196 g/mol. The average Bonchev–Trinajstić information content (AvgIpc) is 2.78. The molecule has 0 heterocycles. The second kappa shape index (κ2) is 5.02. The summed E-state index contributed by atoms with van der Waals surface area (Å²) in [5.41, 5.74) is 4.19. The quantitative estimate of drug-likeness (QED) is 0.729. The lowest BCUT2D eigenvalue weighted by Gasteiger charge is -2.02. The van der Waals surface area contributed by atoms with E-state index in [1.807, 2.05) is 12.1 Å². The molecular formula is C15H18O. The molecule has 1 aromatic rings. The van der Waals surface area contributed by atoms with Crippen LogP contribution in [0.15, 0.2) is 42.0 Å². The summed E-state index contributed by atoms with van der Waals surface area (Å²) < 4.78 is 5.16. The highest BCUT2D eigenvalue weighted by atomic mass is 16.5. The first-order valence-corrected chi connectivity index (χ1v) is 5.87. The molecule has 1 aromatic carbocycles. The Morgan fingerprint density at radius 3 is 2.56 bits per heavy atom. The summed E-state index contributed by atoms with van der Waals surface area (Å²) in [5, 5.41) is 0. The molecule has 0 unspecified atom stereocenters. The standard InChI is InChI=1S/C15H18O/c1-3-4-12-5-6-14(11-12)13-7-9-15(16-2)10-8-13/h6-11H,3-5H2,1-2H3. The molecule has 0 saturated carbocycles. The molecule has 0 fully saturated rings. The summed E-state index contributed by atoms with van der Waals surface area (Å²) in [6, 6.07) is 8.27. The fourth-order valence-corrected chi connectivity index (χ4v) is 2.06. The zero-order valence-electron chi connectivity index (χ0n) is 9.99. The highest BCUT2D eigenvalue weighted by Crippen LogP contribution is 2.29. The maximum Gasteiger partial charge on any atom is 0.118 e. The first kappa shape index (κ1) is 11.0. The Hall–Kier alpha value is -1.50. The van der Waals surface area contributed by atoms with Gasteiger partial charge in [-0.25, -0.2) is 0 Å². The number of hydrogen-bond acceptors (Lipinski definition) is 1. The number of methoxy groups -OCH3 is 1. The van der Waals surface area contributed by atoms with Crippen LogP contribution in [0.4, 0.5) is 0 Å². The van der Waals surface area contributed by atoms with Crippen LogP contribution in [0.2, 0.25) is 0 Å². The van der Waals surface area contributed by atoms with E-state index < -0.39 is 0 Å². The number of hydrogen-bond donors (Lipinski definition) is 0. The molecule has 0 atom stereocenters. The SMILES string of the molecule is CCCC1=CC(c2ccc(OC)cc2)=CC1. The van der Waals surface area contributed by atoms with Crippen molar-refractivity contribution >= 4 is 5.57 Å². The minimum absolute atomic E-state index is 0.917. The molecule has 1 heteroatoms. The van der Waals surface area contributed by atoms with Gasteiger partial charge in [-0.05, 0) is 36.1 Å². The van der Waals surface area contributed by atoms with Gasteiger partial charge in [0.1, 0.15) is 5.75 Å². The van der Waals surface area contributed by atoms with E-state index in [1.165, 1.54) is 24.0 Å². The van der Waals surface area contributed by atoms with E-state index in [0.717, 1.165) is 12.2 Å². The Balaban J connectivity index is 2.13. The number of ether oxygens (including phenoxy) is 1. The van der Waals surface area contributed by atoms with Crippen molar-refractivity contribution < 1.29 is 4.74 Å². The van der Waals surface area contributed by atoms with Crippen molar-refractivity contribution in [3.8, 4) is 5.75 Å². The van der Waals surface area contributed by atoms with Crippen LogP contribution >= 0.6 is 0 Å². The molecule has 0 bridgehead atoms. The fourth-order valence-electron chi connectivity index (χ4n) is 2.06. The van der Waals surface area contributed by atoms with E-state index in [-0.39, 0.29) is 0 Å². The van der Waals surface area contributed by atoms with Crippen molar-refractivity contribution in [3.63, 3.8) is 0 Å². The maximum absolute atomic E-state index is 5.16. The highest BCUT2D eigenvalue weighted by Gasteiger charge is 2.07. The third-order valence-corrected chi connectivity index (χ3v) is 2.94. The Bertz CT molecular complexity index is 410. The lowest BCUT2D eigenvalue weighted by atomic mass is 10.1. The van der Waals surface area contributed by atoms with Crippen molar-refractivity contribution in [2.24, 2.45) is 0 Å². The van der Waals surface area contributed by atoms with Crippen LogP contribution in [-0.4, -0.2) is 7.11 Å². The summed E-state index contributed by atoms with van der Waals surface area (Å²) in [6.45, 7) is 2.23. The Morgan fingerprint density at radius 2 is 1.94 bits per heavy atom. The van der Waals surface area contributed by atoms with Crippen molar-refractivity contribution in [1.29, 1.82) is 0 Å². The van der Waals surface area contributed by atoms with Crippen LogP contribution in [0, 0.1) is 0 Å². The zero-order valence-corrected chi connectivity index (χ0v) is 9.99. The van der Waals surface area contributed by atoms with E-state index in [9.17, 15) is 0 Å². The number of allylic oxidation sites excluding steroid dienone is 4. The van der Waals surface area contributed by atoms with Gasteiger partial charge in [-0.3, -0.25) is 0 Å². The van der Waals surface area contributed by atoms with Crippen LogP contribution in [0.3, 0.4) is 0 Å². The molecule has 1 aliphatic rings. The van der Waals surface area contributed by atoms with Crippen LogP contribution < -0.4 is 4.74 Å². The van der Waals surface area contributed by atoms with Gasteiger partial charge in [0.2, 0.25) is 0 Å². The van der Waals surface area contributed by atoms with Crippen molar-refractivity contribution in [1.82, 2.24) is 0 Å². The van der Waals surface area contributed by atoms with Gasteiger partial charge in [0, 0.05) is 0 Å². The van der Waals surface area contributed by atoms with Crippen molar-refractivity contribution in [2.45, 2.75) is 26.2 Å². The van der Waals surface area contributed by atoms with E-state index in [1.54, 1.807) is 12.7 Å². The average molecular weight is 214 g/mol. The second-order valence-corrected chi connectivity index (χ2v) is 4.14. The largest absolute Gasteiger partial charge is 0.497 e. The Morgan fingerprint density at radius 1 is 1.19 bits per heavy atom. The molecule has 0 aliphatic heterocycles. The third kappa shape index (κ3) is 2.35. The van der Waals surface area contributed by atoms with Gasteiger partial charge in [0.25, 0.3) is 0 Å².